The van der Waals surface area contributed by atoms with Crippen LogP contribution < -0.4 is 15.4 Å². The second-order valence-electron chi connectivity index (χ2n) is 8.14. The standard InChI is InChI=1S/C25H27N7O3S/c1-31(2)12-7-9-23(33)28-17-10-11-21(35-3)19(14-17)29-25-26-16-22(36(4)34)24(30-25)18-15-27-32-13-6-5-8-20(18)32/h5-11,13-16H,12H2,1-4H3,(H,28,33)(H,26,29,30)/b9-7+. The molecule has 1 amide bonds. The lowest BCUT2D eigenvalue weighted by Gasteiger charge is -2.14. The van der Waals surface area contributed by atoms with E-state index >= 15 is 0 Å². The molecular weight excluding hydrogens is 478 g/mol. The van der Waals surface area contributed by atoms with Gasteiger partial charge in [0.15, 0.2) is 0 Å². The first-order valence-electron chi connectivity index (χ1n) is 11.1. The molecule has 36 heavy (non-hydrogen) atoms. The number of carbonyl (C=O) groups is 1. The molecule has 11 heteroatoms. The van der Waals surface area contributed by atoms with Crippen molar-refractivity contribution in [2.24, 2.45) is 0 Å². The first kappa shape index (κ1) is 25.0. The van der Waals surface area contributed by atoms with Gasteiger partial charge in [0, 0.05) is 42.5 Å². The molecule has 0 spiro atoms. The lowest BCUT2D eigenvalue weighted by Crippen LogP contribution is -2.13. The Balaban J connectivity index is 1.65. The van der Waals surface area contributed by atoms with E-state index in [1.165, 1.54) is 6.08 Å². The molecule has 3 aromatic heterocycles. The Labute approximate surface area is 211 Å². The summed E-state index contributed by atoms with van der Waals surface area (Å²) in [7, 11) is 4.09. The van der Waals surface area contributed by atoms with Crippen molar-refractivity contribution in [2.75, 3.05) is 44.6 Å². The number of pyridine rings is 1. The number of likely N-dealkylation sites (N-methyl/N-ethyl adjacent to an activating group) is 1. The smallest absolute Gasteiger partial charge is 0.248 e. The van der Waals surface area contributed by atoms with E-state index in [1.807, 2.05) is 43.4 Å². The van der Waals surface area contributed by atoms with Crippen LogP contribution in [0, 0.1) is 0 Å². The minimum atomic E-state index is -1.32. The topological polar surface area (TPSA) is 114 Å². The van der Waals surface area contributed by atoms with Crippen LogP contribution in [0.3, 0.4) is 0 Å². The van der Waals surface area contributed by atoms with Gasteiger partial charge in [0.05, 0.1) is 45.9 Å². The van der Waals surface area contributed by atoms with Crippen LogP contribution in [0.25, 0.3) is 16.8 Å². The van der Waals surface area contributed by atoms with Crippen LogP contribution in [-0.4, -0.2) is 68.6 Å². The number of methoxy groups -OCH3 is 1. The van der Waals surface area contributed by atoms with Gasteiger partial charge in [0.2, 0.25) is 11.9 Å². The van der Waals surface area contributed by atoms with E-state index in [0.29, 0.717) is 34.3 Å². The van der Waals surface area contributed by atoms with Crippen molar-refractivity contribution < 1.29 is 13.7 Å². The summed E-state index contributed by atoms with van der Waals surface area (Å²) in [6.45, 7) is 0.660. The maximum Gasteiger partial charge on any atom is 0.248 e. The molecule has 0 aliphatic rings. The number of anilines is 3. The summed E-state index contributed by atoms with van der Waals surface area (Å²) in [5.41, 5.74) is 3.22. The molecule has 10 nitrogen and oxygen atoms in total. The third-order valence-corrected chi connectivity index (χ3v) is 6.12. The summed E-state index contributed by atoms with van der Waals surface area (Å²) < 4.78 is 19.7. The molecule has 1 aromatic carbocycles. The predicted molar refractivity (Wildman–Crippen MR) is 141 cm³/mol. The maximum absolute atomic E-state index is 12.4. The number of hydrogen-bond donors (Lipinski definition) is 2. The fourth-order valence-electron chi connectivity index (χ4n) is 3.51. The van der Waals surface area contributed by atoms with Crippen molar-refractivity contribution in [1.82, 2.24) is 24.5 Å². The Morgan fingerprint density at radius 1 is 1.22 bits per heavy atom. The van der Waals surface area contributed by atoms with Crippen molar-refractivity contribution >= 4 is 39.5 Å². The van der Waals surface area contributed by atoms with Crippen molar-refractivity contribution in [2.45, 2.75) is 4.90 Å². The highest BCUT2D eigenvalue weighted by Gasteiger charge is 2.17. The molecule has 4 rings (SSSR count). The zero-order chi connectivity index (χ0) is 25.7. The highest BCUT2D eigenvalue weighted by molar-refractivity contribution is 7.84. The Morgan fingerprint density at radius 2 is 2.06 bits per heavy atom. The normalized spacial score (nSPS) is 12.2. The summed E-state index contributed by atoms with van der Waals surface area (Å²) in [4.78, 5) is 23.8. The Morgan fingerprint density at radius 3 is 2.81 bits per heavy atom. The SMILES string of the molecule is COc1ccc(NC(=O)/C=C/CN(C)C)cc1Nc1ncc(S(C)=O)c(-c2cnn3ccccc23)n1. The van der Waals surface area contributed by atoms with E-state index in [-0.39, 0.29) is 11.9 Å². The summed E-state index contributed by atoms with van der Waals surface area (Å²) in [6, 6.07) is 10.9. The van der Waals surface area contributed by atoms with Crippen LogP contribution in [0.2, 0.25) is 0 Å². The lowest BCUT2D eigenvalue weighted by molar-refractivity contribution is -0.111. The van der Waals surface area contributed by atoms with Crippen LogP contribution in [0.4, 0.5) is 17.3 Å². The van der Waals surface area contributed by atoms with Gasteiger partial charge in [0.1, 0.15) is 5.75 Å². The molecule has 0 aliphatic heterocycles. The minimum absolute atomic E-state index is 0.241. The Hall–Kier alpha value is -4.09. The Bertz CT molecular complexity index is 1450. The number of ether oxygens (including phenoxy) is 1. The quantitative estimate of drug-likeness (QED) is 0.333. The van der Waals surface area contributed by atoms with Crippen molar-refractivity contribution in [1.29, 1.82) is 0 Å². The summed E-state index contributed by atoms with van der Waals surface area (Å²) in [5.74, 6) is 0.580. The molecular formula is C25H27N7O3S. The van der Waals surface area contributed by atoms with Crippen LogP contribution >= 0.6 is 0 Å². The van der Waals surface area contributed by atoms with Gasteiger partial charge in [0.25, 0.3) is 0 Å². The van der Waals surface area contributed by atoms with Gasteiger partial charge in [-0.15, -0.1) is 0 Å². The average Bonchev–Trinajstić information content (AvgIpc) is 3.28. The van der Waals surface area contributed by atoms with Gasteiger partial charge in [-0.2, -0.15) is 5.10 Å². The van der Waals surface area contributed by atoms with E-state index in [4.69, 9.17) is 4.74 Å². The third-order valence-electron chi connectivity index (χ3n) is 5.20. The molecule has 0 radical (unpaired) electrons. The second-order valence-corrected chi connectivity index (χ2v) is 9.49. The van der Waals surface area contributed by atoms with Crippen molar-refractivity contribution in [3.8, 4) is 17.0 Å². The third kappa shape index (κ3) is 5.75. The van der Waals surface area contributed by atoms with Crippen LogP contribution in [-0.2, 0) is 15.6 Å². The van der Waals surface area contributed by atoms with Crippen LogP contribution in [0.5, 0.6) is 5.75 Å². The molecule has 2 N–H and O–H groups in total. The number of rotatable bonds is 9. The van der Waals surface area contributed by atoms with Gasteiger partial charge < -0.3 is 20.3 Å². The first-order valence-corrected chi connectivity index (χ1v) is 12.6. The summed E-state index contributed by atoms with van der Waals surface area (Å²) in [5, 5.41) is 10.4. The zero-order valence-corrected chi connectivity index (χ0v) is 21.2. The number of nitrogens with one attached hydrogen (secondary N) is 2. The molecule has 0 aliphatic carbocycles. The van der Waals surface area contributed by atoms with Gasteiger partial charge >= 0.3 is 0 Å². The van der Waals surface area contributed by atoms with E-state index in [1.54, 1.807) is 54.5 Å². The van der Waals surface area contributed by atoms with Crippen molar-refractivity contribution in [3.05, 3.63) is 67.1 Å². The van der Waals surface area contributed by atoms with Crippen LogP contribution in [0.15, 0.2) is 72.0 Å². The number of carbonyl (C=O) groups excluding carboxylic acids is 1. The molecule has 1 unspecified atom stereocenters. The molecule has 0 saturated heterocycles. The number of benzene rings is 1. The minimum Gasteiger partial charge on any atom is -0.495 e. The summed E-state index contributed by atoms with van der Waals surface area (Å²) >= 11 is 0. The fourth-order valence-corrected chi connectivity index (χ4v) is 4.14. The average molecular weight is 506 g/mol. The molecule has 3 heterocycles. The number of nitrogens with zero attached hydrogens (tertiary/aromatic N) is 5. The van der Waals surface area contributed by atoms with E-state index in [9.17, 15) is 9.00 Å². The lowest BCUT2D eigenvalue weighted by atomic mass is 10.2. The van der Waals surface area contributed by atoms with E-state index < -0.39 is 10.8 Å². The zero-order valence-electron chi connectivity index (χ0n) is 20.4. The monoisotopic (exact) mass is 505 g/mol. The van der Waals surface area contributed by atoms with Gasteiger partial charge in [-0.1, -0.05) is 12.1 Å². The van der Waals surface area contributed by atoms with Gasteiger partial charge in [-0.25, -0.2) is 14.5 Å². The molecule has 186 valence electrons. The number of amides is 1. The second kappa shape index (κ2) is 11.1. The van der Waals surface area contributed by atoms with Gasteiger partial charge in [-0.3, -0.25) is 9.00 Å². The maximum atomic E-state index is 12.4. The fraction of sp³-hybridized carbons (Fsp3) is 0.200. The molecule has 4 aromatic rings. The molecule has 0 saturated carbocycles. The van der Waals surface area contributed by atoms with E-state index in [2.05, 4.69) is 25.7 Å². The van der Waals surface area contributed by atoms with Crippen molar-refractivity contribution in [3.63, 3.8) is 0 Å². The molecule has 0 fully saturated rings. The number of aromatic nitrogens is 4. The van der Waals surface area contributed by atoms with Gasteiger partial charge in [-0.05, 0) is 44.4 Å². The summed E-state index contributed by atoms with van der Waals surface area (Å²) in [6.07, 6.45) is 9.93. The number of hydrogen-bond acceptors (Lipinski definition) is 8. The van der Waals surface area contributed by atoms with Crippen LogP contribution in [0.1, 0.15) is 0 Å². The largest absolute Gasteiger partial charge is 0.495 e. The highest BCUT2D eigenvalue weighted by atomic mass is 32.2. The van der Waals surface area contributed by atoms with E-state index in [0.717, 1.165) is 11.1 Å². The molecule has 0 bridgehead atoms. The first-order chi connectivity index (χ1) is 17.4. The number of fused-ring (bicyclic) bond motifs is 1. The predicted octanol–water partition coefficient (Wildman–Crippen LogP) is 3.34. The Kier molecular flexibility index (Phi) is 7.71. The molecule has 1 atom stereocenters. The highest BCUT2D eigenvalue weighted by Crippen LogP contribution is 2.32.